The van der Waals surface area contributed by atoms with Gasteiger partial charge in [-0.3, -0.25) is 14.6 Å². The minimum atomic E-state index is -1.11. The van der Waals surface area contributed by atoms with Crippen molar-refractivity contribution in [3.63, 3.8) is 0 Å². The van der Waals surface area contributed by atoms with Crippen molar-refractivity contribution in [2.24, 2.45) is 11.3 Å². The number of benzene rings is 2. The van der Waals surface area contributed by atoms with E-state index >= 15 is 0 Å². The number of hydrogen-bond acceptors (Lipinski definition) is 3. The average molecular weight is 525 g/mol. The van der Waals surface area contributed by atoms with Gasteiger partial charge >= 0.3 is 5.97 Å². The fourth-order valence-corrected chi connectivity index (χ4v) is 5.87. The summed E-state index contributed by atoms with van der Waals surface area (Å²) >= 11 is 12.6. The standard InChI is InChI=1S/C29H30Cl2N2O3/c1-18(2)26(24-9-4-5-14-32-24)33-27(19-10-12-21(30)13-11-19)23(20-7-6-8-22(31)15-20)16-29(3,28(33)36)17-25(34)35/h4-15,18,23,26-27H,16-17H2,1-3H3,(H,34,35)/t23?,26-,27+,29+/m0/s1. The van der Waals surface area contributed by atoms with Gasteiger partial charge in [0.25, 0.3) is 0 Å². The molecule has 5 nitrogen and oxygen atoms in total. The van der Waals surface area contributed by atoms with E-state index in [2.05, 4.69) is 18.8 Å². The topological polar surface area (TPSA) is 70.5 Å². The summed E-state index contributed by atoms with van der Waals surface area (Å²) in [6.07, 6.45) is 1.83. The molecule has 1 saturated heterocycles. The number of halogens is 2. The number of aromatic nitrogens is 1. The van der Waals surface area contributed by atoms with E-state index in [9.17, 15) is 14.7 Å². The van der Waals surface area contributed by atoms with Gasteiger partial charge in [-0.25, -0.2) is 0 Å². The van der Waals surface area contributed by atoms with Crippen LogP contribution in [-0.4, -0.2) is 26.9 Å². The number of pyridine rings is 1. The first-order valence-electron chi connectivity index (χ1n) is 12.1. The van der Waals surface area contributed by atoms with Gasteiger partial charge in [-0.2, -0.15) is 0 Å². The number of nitrogens with zero attached hydrogens (tertiary/aromatic N) is 2. The number of aliphatic carboxylic acids is 1. The third-order valence-electron chi connectivity index (χ3n) is 7.05. The zero-order valence-electron chi connectivity index (χ0n) is 20.6. The fourth-order valence-electron chi connectivity index (χ4n) is 5.54. The van der Waals surface area contributed by atoms with Crippen LogP contribution in [0.5, 0.6) is 0 Å². The number of rotatable bonds is 7. The second kappa shape index (κ2) is 10.6. The van der Waals surface area contributed by atoms with E-state index in [0.717, 1.165) is 16.8 Å². The zero-order chi connectivity index (χ0) is 26.0. The molecule has 188 valence electrons. The summed E-state index contributed by atoms with van der Waals surface area (Å²) in [5.41, 5.74) is 1.55. The van der Waals surface area contributed by atoms with Crippen molar-refractivity contribution in [3.8, 4) is 0 Å². The van der Waals surface area contributed by atoms with Crippen molar-refractivity contribution in [1.82, 2.24) is 9.88 Å². The molecule has 3 aromatic rings. The lowest BCUT2D eigenvalue weighted by Crippen LogP contribution is -2.54. The third kappa shape index (κ3) is 5.28. The molecule has 1 aromatic heterocycles. The quantitative estimate of drug-likeness (QED) is 0.351. The number of carboxylic acids is 1. The molecule has 0 bridgehead atoms. The Morgan fingerprint density at radius 3 is 2.36 bits per heavy atom. The van der Waals surface area contributed by atoms with Crippen LogP contribution in [0, 0.1) is 11.3 Å². The number of carboxylic acid groups (broad SMARTS) is 1. The van der Waals surface area contributed by atoms with Crippen molar-refractivity contribution >= 4 is 35.1 Å². The first-order chi connectivity index (χ1) is 17.1. The second-order valence-electron chi connectivity index (χ2n) is 10.1. The molecule has 0 spiro atoms. The van der Waals surface area contributed by atoms with E-state index in [0.29, 0.717) is 16.5 Å². The molecule has 36 heavy (non-hydrogen) atoms. The molecule has 0 radical (unpaired) electrons. The van der Waals surface area contributed by atoms with E-state index in [1.54, 1.807) is 13.1 Å². The molecule has 0 saturated carbocycles. The average Bonchev–Trinajstić information content (AvgIpc) is 2.83. The van der Waals surface area contributed by atoms with Gasteiger partial charge < -0.3 is 10.0 Å². The molecule has 1 N–H and O–H groups in total. The van der Waals surface area contributed by atoms with E-state index in [1.807, 2.05) is 71.6 Å². The van der Waals surface area contributed by atoms with Gasteiger partial charge in [0, 0.05) is 22.2 Å². The Hall–Kier alpha value is -2.89. The molecule has 2 aromatic carbocycles. The van der Waals surface area contributed by atoms with Crippen LogP contribution in [0.3, 0.4) is 0 Å². The summed E-state index contributed by atoms with van der Waals surface area (Å²) in [6, 6.07) is 20.1. The van der Waals surface area contributed by atoms with Gasteiger partial charge in [0.05, 0.1) is 29.6 Å². The predicted octanol–water partition coefficient (Wildman–Crippen LogP) is 7.32. The Kier molecular flexibility index (Phi) is 7.72. The van der Waals surface area contributed by atoms with Crippen molar-refractivity contribution in [1.29, 1.82) is 0 Å². The van der Waals surface area contributed by atoms with Gasteiger partial charge in [-0.1, -0.05) is 74.3 Å². The largest absolute Gasteiger partial charge is 0.481 e. The van der Waals surface area contributed by atoms with Gasteiger partial charge in [-0.15, -0.1) is 0 Å². The van der Waals surface area contributed by atoms with Crippen LogP contribution < -0.4 is 0 Å². The molecular weight excluding hydrogens is 495 g/mol. The van der Waals surface area contributed by atoms with Crippen molar-refractivity contribution in [2.45, 2.75) is 51.6 Å². The predicted molar refractivity (Wildman–Crippen MR) is 142 cm³/mol. The summed E-state index contributed by atoms with van der Waals surface area (Å²) in [7, 11) is 0. The van der Waals surface area contributed by atoms with E-state index in [4.69, 9.17) is 23.2 Å². The van der Waals surface area contributed by atoms with E-state index in [-0.39, 0.29) is 36.2 Å². The second-order valence-corrected chi connectivity index (χ2v) is 11.0. The summed E-state index contributed by atoms with van der Waals surface area (Å²) in [6.45, 7) is 5.88. The number of amides is 1. The Labute approximate surface area is 222 Å². The minimum absolute atomic E-state index is 0.0193. The maximum Gasteiger partial charge on any atom is 0.304 e. The fraction of sp³-hybridized carbons (Fsp3) is 0.345. The maximum absolute atomic E-state index is 14.4. The highest BCUT2D eigenvalue weighted by molar-refractivity contribution is 6.30. The van der Waals surface area contributed by atoms with Crippen LogP contribution in [0.25, 0.3) is 0 Å². The molecular formula is C29H30Cl2N2O3. The lowest BCUT2D eigenvalue weighted by atomic mass is 9.66. The van der Waals surface area contributed by atoms with E-state index in [1.165, 1.54) is 0 Å². The number of hydrogen-bond donors (Lipinski definition) is 1. The van der Waals surface area contributed by atoms with Crippen LogP contribution in [0.15, 0.2) is 72.9 Å². The Bertz CT molecular complexity index is 1230. The molecule has 4 atom stereocenters. The van der Waals surface area contributed by atoms with Crippen LogP contribution in [0.1, 0.15) is 68.4 Å². The van der Waals surface area contributed by atoms with E-state index < -0.39 is 11.4 Å². The van der Waals surface area contributed by atoms with Gasteiger partial charge in [-0.05, 0) is 59.9 Å². The lowest BCUT2D eigenvalue weighted by Gasteiger charge is -2.52. The van der Waals surface area contributed by atoms with Gasteiger partial charge in [0.15, 0.2) is 0 Å². The molecule has 1 aliphatic heterocycles. The SMILES string of the molecule is CC(C)[C@@H](c1ccccn1)N1C(=O)[C@@](C)(CC(=O)O)CC(c2cccc(Cl)c2)[C@H]1c1ccc(Cl)cc1. The molecule has 1 amide bonds. The zero-order valence-corrected chi connectivity index (χ0v) is 22.1. The summed E-state index contributed by atoms with van der Waals surface area (Å²) < 4.78 is 0. The normalized spacial score (nSPS) is 23.1. The number of piperidine rings is 1. The highest BCUT2D eigenvalue weighted by Gasteiger charge is 2.53. The van der Waals surface area contributed by atoms with Crippen LogP contribution in [-0.2, 0) is 9.59 Å². The summed E-state index contributed by atoms with van der Waals surface area (Å²) in [5.74, 6) is -1.37. The Balaban J connectivity index is 1.98. The first kappa shape index (κ1) is 26.2. The molecule has 1 aliphatic rings. The molecule has 1 fully saturated rings. The van der Waals surface area contributed by atoms with Crippen LogP contribution in [0.2, 0.25) is 10.0 Å². The number of carbonyl (C=O) groups excluding carboxylic acids is 1. The number of likely N-dealkylation sites (tertiary alicyclic amines) is 1. The van der Waals surface area contributed by atoms with Crippen LogP contribution >= 0.6 is 23.2 Å². The van der Waals surface area contributed by atoms with Crippen molar-refractivity contribution in [2.75, 3.05) is 0 Å². The molecule has 0 aliphatic carbocycles. The molecule has 7 heteroatoms. The molecule has 1 unspecified atom stereocenters. The van der Waals surface area contributed by atoms with Crippen LogP contribution in [0.4, 0.5) is 0 Å². The third-order valence-corrected chi connectivity index (χ3v) is 7.54. The lowest BCUT2D eigenvalue weighted by molar-refractivity contribution is -0.162. The minimum Gasteiger partial charge on any atom is -0.481 e. The highest BCUT2D eigenvalue weighted by atomic mass is 35.5. The van der Waals surface area contributed by atoms with Crippen molar-refractivity contribution in [3.05, 3.63) is 99.8 Å². The maximum atomic E-state index is 14.4. The van der Waals surface area contributed by atoms with Crippen molar-refractivity contribution < 1.29 is 14.7 Å². The molecule has 4 rings (SSSR count). The Morgan fingerprint density at radius 1 is 1.06 bits per heavy atom. The summed E-state index contributed by atoms with van der Waals surface area (Å²) in [4.78, 5) is 32.8. The monoisotopic (exact) mass is 524 g/mol. The first-order valence-corrected chi connectivity index (χ1v) is 12.8. The summed E-state index contributed by atoms with van der Waals surface area (Å²) in [5, 5.41) is 11.0. The molecule has 2 heterocycles. The number of carbonyl (C=O) groups is 2. The smallest absolute Gasteiger partial charge is 0.304 e. The highest BCUT2D eigenvalue weighted by Crippen LogP contribution is 2.54. The van der Waals surface area contributed by atoms with Gasteiger partial charge in [0.2, 0.25) is 5.91 Å². The van der Waals surface area contributed by atoms with Gasteiger partial charge in [0.1, 0.15) is 0 Å². The Morgan fingerprint density at radius 2 is 1.78 bits per heavy atom.